The molecule has 2 aromatic heterocycles. The highest BCUT2D eigenvalue weighted by Crippen LogP contribution is 2.25. The van der Waals surface area contributed by atoms with Gasteiger partial charge in [0.15, 0.2) is 0 Å². The minimum atomic E-state index is 0.905. The van der Waals surface area contributed by atoms with Gasteiger partial charge < -0.3 is 4.57 Å². The molecule has 3 rings (SSSR count). The zero-order valence-electron chi connectivity index (χ0n) is 11.6. The number of aryl methyl sites for hydroxylation is 2. The van der Waals surface area contributed by atoms with Gasteiger partial charge >= 0.3 is 0 Å². The van der Waals surface area contributed by atoms with Gasteiger partial charge in [-0.1, -0.05) is 29.8 Å². The van der Waals surface area contributed by atoms with Crippen molar-refractivity contribution in [2.24, 2.45) is 0 Å². The van der Waals surface area contributed by atoms with Crippen LogP contribution in [0.1, 0.15) is 22.4 Å². The van der Waals surface area contributed by atoms with Crippen LogP contribution in [0, 0.1) is 20.8 Å². The molecule has 0 fully saturated rings. The van der Waals surface area contributed by atoms with E-state index in [9.17, 15) is 0 Å². The molecule has 0 amide bonds. The van der Waals surface area contributed by atoms with E-state index in [1.807, 2.05) is 12.4 Å². The Morgan fingerprint density at radius 3 is 2.47 bits per heavy atom. The van der Waals surface area contributed by atoms with Crippen molar-refractivity contribution < 1.29 is 0 Å². The number of rotatable bonds is 2. The molecule has 19 heavy (non-hydrogen) atoms. The van der Waals surface area contributed by atoms with E-state index in [0.29, 0.717) is 0 Å². The molecule has 0 saturated heterocycles. The highest BCUT2D eigenvalue weighted by atomic mass is 15.0. The number of aromatic nitrogens is 2. The van der Waals surface area contributed by atoms with E-state index in [0.717, 1.165) is 6.54 Å². The Morgan fingerprint density at radius 2 is 1.74 bits per heavy atom. The largest absolute Gasteiger partial charge is 0.339 e. The van der Waals surface area contributed by atoms with Crippen LogP contribution in [0.25, 0.3) is 10.9 Å². The van der Waals surface area contributed by atoms with Crippen molar-refractivity contribution in [3.63, 3.8) is 0 Å². The van der Waals surface area contributed by atoms with Crippen molar-refractivity contribution in [2.45, 2.75) is 27.3 Å². The van der Waals surface area contributed by atoms with Gasteiger partial charge in [0.05, 0.1) is 11.7 Å². The molecule has 0 aliphatic carbocycles. The topological polar surface area (TPSA) is 17.8 Å². The van der Waals surface area contributed by atoms with Gasteiger partial charge in [-0.3, -0.25) is 4.98 Å². The average molecular weight is 250 g/mol. The van der Waals surface area contributed by atoms with Gasteiger partial charge in [0, 0.05) is 23.8 Å². The van der Waals surface area contributed by atoms with E-state index in [1.54, 1.807) is 0 Å². The second kappa shape index (κ2) is 4.54. The first kappa shape index (κ1) is 12.0. The summed E-state index contributed by atoms with van der Waals surface area (Å²) in [5.74, 6) is 0. The molecule has 0 aliphatic rings. The molecule has 2 nitrogen and oxygen atoms in total. The number of hydrogen-bond acceptors (Lipinski definition) is 1. The van der Waals surface area contributed by atoms with Crippen molar-refractivity contribution in [3.8, 4) is 0 Å². The molecular formula is C17H18N2. The SMILES string of the molecule is Cc1ccc(Cn2c(C)c(C)c3ccncc32)cc1. The summed E-state index contributed by atoms with van der Waals surface area (Å²) in [6, 6.07) is 10.8. The summed E-state index contributed by atoms with van der Waals surface area (Å²) in [5, 5.41) is 1.31. The van der Waals surface area contributed by atoms with Crippen molar-refractivity contribution in [2.75, 3.05) is 0 Å². The fourth-order valence-corrected chi connectivity index (χ4v) is 2.58. The lowest BCUT2D eigenvalue weighted by atomic mass is 10.1. The molecule has 0 aliphatic heterocycles. The highest BCUT2D eigenvalue weighted by Gasteiger charge is 2.10. The highest BCUT2D eigenvalue weighted by molar-refractivity contribution is 5.84. The van der Waals surface area contributed by atoms with Crippen LogP contribution in [0.5, 0.6) is 0 Å². The van der Waals surface area contributed by atoms with Crippen LogP contribution >= 0.6 is 0 Å². The minimum absolute atomic E-state index is 0.905. The molecule has 0 spiro atoms. The van der Waals surface area contributed by atoms with Gasteiger partial charge in [-0.05, 0) is 38.0 Å². The molecule has 1 aromatic carbocycles. The second-order valence-corrected chi connectivity index (χ2v) is 5.17. The van der Waals surface area contributed by atoms with Crippen LogP contribution < -0.4 is 0 Å². The lowest BCUT2D eigenvalue weighted by Crippen LogP contribution is -2.02. The minimum Gasteiger partial charge on any atom is -0.339 e. The third-order valence-electron chi connectivity index (χ3n) is 3.90. The predicted molar refractivity (Wildman–Crippen MR) is 79.5 cm³/mol. The molecule has 96 valence electrons. The maximum absolute atomic E-state index is 4.26. The summed E-state index contributed by atoms with van der Waals surface area (Å²) >= 11 is 0. The first-order chi connectivity index (χ1) is 9.16. The van der Waals surface area contributed by atoms with Crippen LogP contribution in [-0.4, -0.2) is 9.55 Å². The van der Waals surface area contributed by atoms with Crippen LogP contribution in [0.4, 0.5) is 0 Å². The fraction of sp³-hybridized carbons (Fsp3) is 0.235. The molecule has 2 heterocycles. The van der Waals surface area contributed by atoms with Crippen molar-refractivity contribution in [1.82, 2.24) is 9.55 Å². The smallest absolute Gasteiger partial charge is 0.0674 e. The van der Waals surface area contributed by atoms with E-state index >= 15 is 0 Å². The Labute approximate surface area is 113 Å². The second-order valence-electron chi connectivity index (χ2n) is 5.17. The van der Waals surface area contributed by atoms with Crippen LogP contribution in [0.15, 0.2) is 42.7 Å². The van der Waals surface area contributed by atoms with Crippen LogP contribution in [0.2, 0.25) is 0 Å². The Morgan fingerprint density at radius 1 is 1.00 bits per heavy atom. The number of fused-ring (bicyclic) bond motifs is 1. The van der Waals surface area contributed by atoms with Gasteiger partial charge in [-0.15, -0.1) is 0 Å². The number of benzene rings is 1. The summed E-state index contributed by atoms with van der Waals surface area (Å²) < 4.78 is 2.35. The quantitative estimate of drug-likeness (QED) is 0.672. The van der Waals surface area contributed by atoms with E-state index in [-0.39, 0.29) is 0 Å². The zero-order valence-corrected chi connectivity index (χ0v) is 11.6. The third kappa shape index (κ3) is 2.03. The molecule has 0 radical (unpaired) electrons. The molecule has 0 unspecified atom stereocenters. The molecule has 3 aromatic rings. The first-order valence-corrected chi connectivity index (χ1v) is 6.62. The molecule has 0 N–H and O–H groups in total. The number of hydrogen-bond donors (Lipinski definition) is 0. The van der Waals surface area contributed by atoms with E-state index in [1.165, 1.54) is 33.3 Å². The van der Waals surface area contributed by atoms with Crippen molar-refractivity contribution in [3.05, 3.63) is 65.1 Å². The van der Waals surface area contributed by atoms with E-state index in [4.69, 9.17) is 0 Å². The van der Waals surface area contributed by atoms with E-state index in [2.05, 4.69) is 60.7 Å². The summed E-state index contributed by atoms with van der Waals surface area (Å²) in [7, 11) is 0. The summed E-state index contributed by atoms with van der Waals surface area (Å²) in [6.07, 6.45) is 3.83. The molecule has 0 atom stereocenters. The first-order valence-electron chi connectivity index (χ1n) is 6.62. The van der Waals surface area contributed by atoms with E-state index < -0.39 is 0 Å². The van der Waals surface area contributed by atoms with Gasteiger partial charge in [0.2, 0.25) is 0 Å². The van der Waals surface area contributed by atoms with Crippen molar-refractivity contribution in [1.29, 1.82) is 0 Å². The Hall–Kier alpha value is -2.09. The lowest BCUT2D eigenvalue weighted by molar-refractivity contribution is 0.799. The Balaban J connectivity index is 2.10. The lowest BCUT2D eigenvalue weighted by Gasteiger charge is -2.09. The number of nitrogens with zero attached hydrogens (tertiary/aromatic N) is 2. The van der Waals surface area contributed by atoms with Crippen LogP contribution in [0.3, 0.4) is 0 Å². The van der Waals surface area contributed by atoms with Crippen LogP contribution in [-0.2, 0) is 6.54 Å². The van der Waals surface area contributed by atoms with Gasteiger partial charge in [0.1, 0.15) is 0 Å². The Kier molecular flexibility index (Phi) is 2.86. The summed E-state index contributed by atoms with van der Waals surface area (Å²) in [4.78, 5) is 4.26. The predicted octanol–water partition coefficient (Wildman–Crippen LogP) is 4.01. The third-order valence-corrected chi connectivity index (χ3v) is 3.90. The zero-order chi connectivity index (χ0) is 13.4. The fourth-order valence-electron chi connectivity index (χ4n) is 2.58. The summed E-state index contributed by atoms with van der Waals surface area (Å²) in [6.45, 7) is 7.39. The van der Waals surface area contributed by atoms with Gasteiger partial charge in [-0.25, -0.2) is 0 Å². The maximum Gasteiger partial charge on any atom is 0.0674 e. The maximum atomic E-state index is 4.26. The molecule has 0 bridgehead atoms. The monoisotopic (exact) mass is 250 g/mol. The molecular weight excluding hydrogens is 232 g/mol. The van der Waals surface area contributed by atoms with Gasteiger partial charge in [0.25, 0.3) is 0 Å². The molecule has 0 saturated carbocycles. The summed E-state index contributed by atoms with van der Waals surface area (Å²) in [5.41, 5.74) is 6.52. The van der Waals surface area contributed by atoms with Crippen molar-refractivity contribution >= 4 is 10.9 Å². The van der Waals surface area contributed by atoms with Gasteiger partial charge in [-0.2, -0.15) is 0 Å². The normalized spacial score (nSPS) is 11.1. The standard InChI is InChI=1S/C17H18N2/c1-12-4-6-15(7-5-12)11-19-14(3)13(2)16-8-9-18-10-17(16)19/h4-10H,11H2,1-3H3. The average Bonchev–Trinajstić information content (AvgIpc) is 2.67. The molecule has 2 heteroatoms. The Bertz CT molecular complexity index is 721. The number of pyridine rings is 1.